The van der Waals surface area contributed by atoms with Crippen molar-refractivity contribution in [3.05, 3.63) is 54.4 Å². The summed E-state index contributed by atoms with van der Waals surface area (Å²) in [6.07, 6.45) is 0. The second kappa shape index (κ2) is 8.13. The lowest BCUT2D eigenvalue weighted by atomic mass is 10.0. The van der Waals surface area contributed by atoms with Crippen LogP contribution in [0.4, 0.5) is 17.1 Å². The van der Waals surface area contributed by atoms with Crippen molar-refractivity contribution in [2.24, 2.45) is 0 Å². The van der Waals surface area contributed by atoms with E-state index < -0.39 is 16.5 Å². The van der Waals surface area contributed by atoms with Crippen LogP contribution in [0, 0.1) is 41.0 Å². The third kappa shape index (κ3) is 3.91. The van der Waals surface area contributed by atoms with Crippen molar-refractivity contribution in [3.8, 4) is 0 Å². The van der Waals surface area contributed by atoms with Gasteiger partial charge in [-0.3, -0.25) is 25.1 Å². The van der Waals surface area contributed by atoms with E-state index in [1.807, 2.05) is 13.8 Å². The van der Waals surface area contributed by atoms with Gasteiger partial charge in [0.25, 0.3) is 5.69 Å². The second-order valence-electron chi connectivity index (χ2n) is 7.12. The van der Waals surface area contributed by atoms with E-state index in [0.717, 1.165) is 17.0 Å². The highest BCUT2D eigenvalue weighted by Gasteiger charge is 2.35. The van der Waals surface area contributed by atoms with Crippen molar-refractivity contribution in [1.29, 1.82) is 0 Å². The van der Waals surface area contributed by atoms with Crippen LogP contribution < -0.4 is 4.90 Å². The molecule has 3 rings (SSSR count). The quantitative estimate of drug-likeness (QED) is 0.566. The van der Waals surface area contributed by atoms with Crippen molar-refractivity contribution in [3.63, 3.8) is 0 Å². The lowest BCUT2D eigenvalue weighted by molar-refractivity contribution is -0.393. The first kappa shape index (κ1) is 20.7. The SMILES string of the molecule is Cc1noc(C)c1CN1CCN(c2c([N+](=O)[O-])cc(CO)c(C)c2[N+](=O)[O-])CC1. The van der Waals surface area contributed by atoms with Gasteiger partial charge in [0, 0.05) is 49.9 Å². The fraction of sp³-hybridized carbons (Fsp3) is 0.500. The number of rotatable bonds is 6. The summed E-state index contributed by atoms with van der Waals surface area (Å²) in [5.74, 6) is 0.756. The van der Waals surface area contributed by atoms with Gasteiger partial charge in [-0.25, -0.2) is 0 Å². The van der Waals surface area contributed by atoms with Crippen molar-refractivity contribution >= 4 is 17.1 Å². The Hall–Kier alpha value is -3.05. The summed E-state index contributed by atoms with van der Waals surface area (Å²) in [6, 6.07) is 1.23. The zero-order valence-electron chi connectivity index (χ0n) is 16.5. The Morgan fingerprint density at radius 2 is 1.79 bits per heavy atom. The molecule has 0 atom stereocenters. The van der Waals surface area contributed by atoms with Gasteiger partial charge in [0.05, 0.1) is 22.1 Å². The molecule has 0 aliphatic carbocycles. The Labute approximate surface area is 166 Å². The molecule has 1 aliphatic heterocycles. The number of hydrogen-bond donors (Lipinski definition) is 1. The highest BCUT2D eigenvalue weighted by Crippen LogP contribution is 2.42. The van der Waals surface area contributed by atoms with Gasteiger partial charge in [0.15, 0.2) is 5.69 Å². The maximum Gasteiger partial charge on any atom is 0.302 e. The van der Waals surface area contributed by atoms with Crippen LogP contribution >= 0.6 is 0 Å². The smallest absolute Gasteiger partial charge is 0.302 e. The van der Waals surface area contributed by atoms with Gasteiger partial charge >= 0.3 is 5.69 Å². The highest BCUT2D eigenvalue weighted by molar-refractivity contribution is 5.79. The van der Waals surface area contributed by atoms with E-state index in [2.05, 4.69) is 10.1 Å². The molecule has 156 valence electrons. The van der Waals surface area contributed by atoms with Crippen LogP contribution in [0.2, 0.25) is 0 Å². The molecule has 0 radical (unpaired) electrons. The Morgan fingerprint density at radius 3 is 2.28 bits per heavy atom. The number of aryl methyl sites for hydroxylation is 2. The average Bonchev–Trinajstić information content (AvgIpc) is 2.99. The standard InChI is InChI=1S/C18H23N5O6/c1-11-14(10-24)8-16(22(25)26)18(17(11)23(27)28)21-6-4-20(5-7-21)9-15-12(2)19-29-13(15)3/h8,24H,4-7,9-10H2,1-3H3. The van der Waals surface area contributed by atoms with Crippen LogP contribution in [0.3, 0.4) is 0 Å². The molecule has 1 aromatic carbocycles. The number of nitrogens with zero attached hydrogens (tertiary/aromatic N) is 5. The summed E-state index contributed by atoms with van der Waals surface area (Å²) in [4.78, 5) is 26.0. The molecule has 0 spiro atoms. The molecule has 1 aromatic heterocycles. The Kier molecular flexibility index (Phi) is 5.80. The van der Waals surface area contributed by atoms with E-state index in [1.54, 1.807) is 4.90 Å². The number of piperazine rings is 1. The van der Waals surface area contributed by atoms with Crippen molar-refractivity contribution in [1.82, 2.24) is 10.1 Å². The molecule has 2 aromatic rings. The van der Waals surface area contributed by atoms with Crippen LogP contribution in [0.1, 0.15) is 28.1 Å². The molecule has 0 amide bonds. The monoisotopic (exact) mass is 405 g/mol. The predicted octanol–water partition coefficient (Wildman–Crippen LogP) is 2.23. The molecule has 0 bridgehead atoms. The molecule has 29 heavy (non-hydrogen) atoms. The van der Waals surface area contributed by atoms with E-state index in [4.69, 9.17) is 4.52 Å². The zero-order chi connectivity index (χ0) is 21.3. The maximum absolute atomic E-state index is 11.7. The molecule has 0 saturated carbocycles. The normalized spacial score (nSPS) is 15.0. The highest BCUT2D eigenvalue weighted by atomic mass is 16.6. The Bertz CT molecular complexity index is 929. The number of benzene rings is 1. The zero-order valence-corrected chi connectivity index (χ0v) is 16.5. The molecule has 11 heteroatoms. The molecule has 11 nitrogen and oxygen atoms in total. The molecule has 1 saturated heterocycles. The van der Waals surface area contributed by atoms with Crippen molar-refractivity contribution in [2.45, 2.75) is 33.9 Å². The van der Waals surface area contributed by atoms with E-state index in [0.29, 0.717) is 32.7 Å². The second-order valence-corrected chi connectivity index (χ2v) is 7.12. The van der Waals surface area contributed by atoms with Gasteiger partial charge in [0.2, 0.25) is 0 Å². The fourth-order valence-electron chi connectivity index (χ4n) is 3.71. The lowest BCUT2D eigenvalue weighted by Crippen LogP contribution is -2.46. The van der Waals surface area contributed by atoms with Crippen LogP contribution in [-0.2, 0) is 13.2 Å². The number of aliphatic hydroxyl groups is 1. The van der Waals surface area contributed by atoms with E-state index >= 15 is 0 Å². The van der Waals surface area contributed by atoms with E-state index in [-0.39, 0.29) is 28.2 Å². The average molecular weight is 405 g/mol. The largest absolute Gasteiger partial charge is 0.392 e. The first-order valence-electron chi connectivity index (χ1n) is 9.19. The number of aliphatic hydroxyl groups excluding tert-OH is 1. The summed E-state index contributed by atoms with van der Waals surface area (Å²) >= 11 is 0. The topological polar surface area (TPSA) is 139 Å². The summed E-state index contributed by atoms with van der Waals surface area (Å²) in [7, 11) is 0. The third-order valence-corrected chi connectivity index (χ3v) is 5.42. The number of nitro benzene ring substituents is 2. The van der Waals surface area contributed by atoms with Gasteiger partial charge in [0.1, 0.15) is 5.76 Å². The molecule has 2 heterocycles. The van der Waals surface area contributed by atoms with Crippen LogP contribution in [-0.4, -0.2) is 51.2 Å². The number of hydrogen-bond acceptors (Lipinski definition) is 9. The maximum atomic E-state index is 11.7. The first-order chi connectivity index (χ1) is 13.7. The minimum Gasteiger partial charge on any atom is -0.392 e. The van der Waals surface area contributed by atoms with Gasteiger partial charge in [-0.1, -0.05) is 5.16 Å². The third-order valence-electron chi connectivity index (χ3n) is 5.42. The minimum absolute atomic E-state index is 0.00619. The van der Waals surface area contributed by atoms with Crippen LogP contribution in [0.15, 0.2) is 10.6 Å². The van der Waals surface area contributed by atoms with Gasteiger partial charge in [-0.15, -0.1) is 0 Å². The van der Waals surface area contributed by atoms with Gasteiger partial charge in [-0.2, -0.15) is 0 Å². The predicted molar refractivity (Wildman–Crippen MR) is 104 cm³/mol. The van der Waals surface area contributed by atoms with Gasteiger partial charge < -0.3 is 14.5 Å². The molecule has 0 unspecified atom stereocenters. The number of aromatic nitrogens is 1. The van der Waals surface area contributed by atoms with Crippen molar-refractivity contribution in [2.75, 3.05) is 31.1 Å². The molecule has 1 N–H and O–H groups in total. The molecular weight excluding hydrogens is 382 g/mol. The molecule has 1 fully saturated rings. The molecule has 1 aliphatic rings. The summed E-state index contributed by atoms with van der Waals surface area (Å²) < 4.78 is 5.19. The van der Waals surface area contributed by atoms with E-state index in [1.165, 1.54) is 13.0 Å². The number of anilines is 1. The number of nitro groups is 2. The van der Waals surface area contributed by atoms with Gasteiger partial charge in [-0.05, 0) is 26.3 Å². The molecular formula is C18H23N5O6. The van der Waals surface area contributed by atoms with Crippen LogP contribution in [0.25, 0.3) is 0 Å². The Balaban J connectivity index is 1.89. The minimum atomic E-state index is -0.628. The summed E-state index contributed by atoms with van der Waals surface area (Å²) in [5, 5.41) is 36.7. The van der Waals surface area contributed by atoms with Crippen LogP contribution in [0.5, 0.6) is 0 Å². The fourth-order valence-corrected chi connectivity index (χ4v) is 3.71. The first-order valence-corrected chi connectivity index (χ1v) is 9.19. The lowest BCUT2D eigenvalue weighted by Gasteiger charge is -2.35. The summed E-state index contributed by atoms with van der Waals surface area (Å²) in [5.41, 5.74) is 1.60. The van der Waals surface area contributed by atoms with E-state index in [9.17, 15) is 25.3 Å². The Morgan fingerprint density at radius 1 is 1.14 bits per heavy atom. The van der Waals surface area contributed by atoms with Crippen molar-refractivity contribution < 1.29 is 19.5 Å². The summed E-state index contributed by atoms with van der Waals surface area (Å²) in [6.45, 7) is 7.35.